The molecule has 0 aliphatic heterocycles. The van der Waals surface area contributed by atoms with Crippen molar-refractivity contribution < 1.29 is 9.90 Å². The summed E-state index contributed by atoms with van der Waals surface area (Å²) in [4.78, 5) is 16.3. The third-order valence-corrected chi connectivity index (χ3v) is 2.89. The standard InChI is InChI=1S/C16H13ClN2O2/c1-11-4-2-6-15(18-11)16(21)19-14-8-7-13(17)10-12(14)5-3-9-20/h2,4,6-8,10,20H,9H2,1H3,(H,19,21). The van der Waals surface area contributed by atoms with Gasteiger partial charge >= 0.3 is 0 Å². The number of aliphatic hydroxyl groups excluding tert-OH is 1. The second kappa shape index (κ2) is 6.89. The summed E-state index contributed by atoms with van der Waals surface area (Å²) in [5, 5.41) is 12.0. The van der Waals surface area contributed by atoms with Crippen LogP contribution in [0.1, 0.15) is 21.7 Å². The van der Waals surface area contributed by atoms with Gasteiger partial charge in [0.2, 0.25) is 0 Å². The summed E-state index contributed by atoms with van der Waals surface area (Å²) >= 11 is 5.91. The molecule has 2 rings (SSSR count). The van der Waals surface area contributed by atoms with Crippen molar-refractivity contribution in [3.05, 3.63) is 58.4 Å². The predicted octanol–water partition coefficient (Wildman–Crippen LogP) is 2.64. The van der Waals surface area contributed by atoms with Crippen molar-refractivity contribution >= 4 is 23.2 Å². The molecular weight excluding hydrogens is 288 g/mol. The molecule has 0 bridgehead atoms. The molecule has 0 spiro atoms. The van der Waals surface area contributed by atoms with Gasteiger partial charge in [-0.3, -0.25) is 4.79 Å². The highest BCUT2D eigenvalue weighted by Crippen LogP contribution is 2.20. The van der Waals surface area contributed by atoms with E-state index in [1.807, 2.05) is 13.0 Å². The number of benzene rings is 1. The number of hydrogen-bond donors (Lipinski definition) is 2. The van der Waals surface area contributed by atoms with E-state index in [1.54, 1.807) is 30.3 Å². The van der Waals surface area contributed by atoms with Crippen molar-refractivity contribution in [3.8, 4) is 11.8 Å². The molecule has 0 fully saturated rings. The molecule has 1 amide bonds. The number of hydrogen-bond acceptors (Lipinski definition) is 3. The number of carbonyl (C=O) groups excluding carboxylic acids is 1. The number of aromatic nitrogens is 1. The molecular formula is C16H13ClN2O2. The van der Waals surface area contributed by atoms with E-state index in [0.29, 0.717) is 22.0 Å². The van der Waals surface area contributed by atoms with Gasteiger partial charge in [0.1, 0.15) is 12.3 Å². The number of rotatable bonds is 2. The van der Waals surface area contributed by atoms with Crippen LogP contribution in [-0.2, 0) is 0 Å². The molecule has 0 saturated heterocycles. The average molecular weight is 301 g/mol. The van der Waals surface area contributed by atoms with E-state index in [-0.39, 0.29) is 12.5 Å². The molecule has 1 aromatic carbocycles. The summed E-state index contributed by atoms with van der Waals surface area (Å²) in [6.45, 7) is 1.55. The highest BCUT2D eigenvalue weighted by Gasteiger charge is 2.10. The van der Waals surface area contributed by atoms with Gasteiger partial charge in [0.25, 0.3) is 5.91 Å². The van der Waals surface area contributed by atoms with Crippen molar-refractivity contribution in [2.24, 2.45) is 0 Å². The largest absolute Gasteiger partial charge is 0.384 e. The Morgan fingerprint density at radius 3 is 2.90 bits per heavy atom. The van der Waals surface area contributed by atoms with Gasteiger partial charge in [-0.05, 0) is 37.3 Å². The fraction of sp³-hybridized carbons (Fsp3) is 0.125. The summed E-state index contributed by atoms with van der Waals surface area (Å²) in [6.07, 6.45) is 0. The monoisotopic (exact) mass is 300 g/mol. The summed E-state index contributed by atoms with van der Waals surface area (Å²) in [5.41, 5.74) is 2.15. The Bertz CT molecular complexity index is 733. The maximum Gasteiger partial charge on any atom is 0.274 e. The third-order valence-electron chi connectivity index (χ3n) is 2.65. The zero-order chi connectivity index (χ0) is 15.2. The molecule has 21 heavy (non-hydrogen) atoms. The number of nitrogens with one attached hydrogen (secondary N) is 1. The lowest BCUT2D eigenvalue weighted by Crippen LogP contribution is -2.14. The molecule has 1 aromatic heterocycles. The second-order valence-electron chi connectivity index (χ2n) is 4.27. The van der Waals surface area contributed by atoms with Crippen LogP contribution in [0.3, 0.4) is 0 Å². The molecule has 0 atom stereocenters. The molecule has 1 heterocycles. The second-order valence-corrected chi connectivity index (χ2v) is 4.70. The van der Waals surface area contributed by atoms with Crippen LogP contribution in [0.2, 0.25) is 5.02 Å². The molecule has 106 valence electrons. The number of nitrogens with zero attached hydrogens (tertiary/aromatic N) is 1. The van der Waals surface area contributed by atoms with E-state index in [0.717, 1.165) is 5.69 Å². The number of halogens is 1. The number of anilines is 1. The first kappa shape index (κ1) is 15.0. The molecule has 0 radical (unpaired) electrons. The molecule has 2 aromatic rings. The highest BCUT2D eigenvalue weighted by molar-refractivity contribution is 6.30. The van der Waals surface area contributed by atoms with Crippen molar-refractivity contribution in [2.75, 3.05) is 11.9 Å². The first-order valence-electron chi connectivity index (χ1n) is 6.24. The average Bonchev–Trinajstić information content (AvgIpc) is 2.47. The molecule has 0 aliphatic rings. The van der Waals surface area contributed by atoms with Crippen molar-refractivity contribution in [1.29, 1.82) is 0 Å². The highest BCUT2D eigenvalue weighted by atomic mass is 35.5. The van der Waals surface area contributed by atoms with E-state index in [2.05, 4.69) is 22.1 Å². The lowest BCUT2D eigenvalue weighted by molar-refractivity contribution is 0.102. The number of aryl methyl sites for hydroxylation is 1. The number of pyridine rings is 1. The van der Waals surface area contributed by atoms with Gasteiger partial charge in [-0.1, -0.05) is 29.5 Å². The van der Waals surface area contributed by atoms with Gasteiger partial charge in [-0.25, -0.2) is 4.98 Å². The summed E-state index contributed by atoms with van der Waals surface area (Å²) in [6, 6.07) is 10.2. The van der Waals surface area contributed by atoms with Gasteiger partial charge < -0.3 is 10.4 Å². The van der Waals surface area contributed by atoms with Gasteiger partial charge in [0.15, 0.2) is 0 Å². The van der Waals surface area contributed by atoms with Crippen LogP contribution in [0.15, 0.2) is 36.4 Å². The topological polar surface area (TPSA) is 62.2 Å². The quantitative estimate of drug-likeness (QED) is 0.838. The Balaban J connectivity index is 2.29. The molecule has 0 aliphatic carbocycles. The minimum absolute atomic E-state index is 0.265. The molecule has 0 saturated carbocycles. The third kappa shape index (κ3) is 4.06. The van der Waals surface area contributed by atoms with E-state index < -0.39 is 0 Å². The SMILES string of the molecule is Cc1cccc(C(=O)Nc2ccc(Cl)cc2C#CCO)n1. The van der Waals surface area contributed by atoms with Crippen LogP contribution in [-0.4, -0.2) is 22.6 Å². The first-order chi connectivity index (χ1) is 10.1. The number of carbonyl (C=O) groups is 1. The Morgan fingerprint density at radius 2 is 2.19 bits per heavy atom. The maximum absolute atomic E-state index is 12.2. The van der Waals surface area contributed by atoms with E-state index >= 15 is 0 Å². The Morgan fingerprint density at radius 1 is 1.38 bits per heavy atom. The maximum atomic E-state index is 12.2. The number of amides is 1. The Kier molecular flexibility index (Phi) is 4.94. The van der Waals surface area contributed by atoms with Gasteiger partial charge in [-0.15, -0.1) is 0 Å². The van der Waals surface area contributed by atoms with Crippen LogP contribution < -0.4 is 5.32 Å². The van der Waals surface area contributed by atoms with Gasteiger partial charge in [0, 0.05) is 16.3 Å². The van der Waals surface area contributed by atoms with E-state index in [1.165, 1.54) is 0 Å². The normalized spacial score (nSPS) is 9.67. The van der Waals surface area contributed by atoms with Crippen LogP contribution in [0.5, 0.6) is 0 Å². The molecule has 5 heteroatoms. The lowest BCUT2D eigenvalue weighted by Gasteiger charge is -2.08. The van der Waals surface area contributed by atoms with Crippen molar-refractivity contribution in [1.82, 2.24) is 4.98 Å². The van der Waals surface area contributed by atoms with Crippen molar-refractivity contribution in [3.63, 3.8) is 0 Å². The van der Waals surface area contributed by atoms with Crippen LogP contribution in [0.25, 0.3) is 0 Å². The molecule has 0 unspecified atom stereocenters. The van der Waals surface area contributed by atoms with Crippen LogP contribution >= 0.6 is 11.6 Å². The Hall–Kier alpha value is -2.35. The minimum Gasteiger partial charge on any atom is -0.384 e. The summed E-state index contributed by atoms with van der Waals surface area (Å²) in [5.74, 6) is 4.96. The zero-order valence-corrected chi connectivity index (χ0v) is 12.1. The summed E-state index contributed by atoms with van der Waals surface area (Å²) < 4.78 is 0. The zero-order valence-electron chi connectivity index (χ0n) is 11.4. The van der Waals surface area contributed by atoms with Gasteiger partial charge in [-0.2, -0.15) is 0 Å². The molecule has 2 N–H and O–H groups in total. The number of aliphatic hydroxyl groups is 1. The van der Waals surface area contributed by atoms with E-state index in [9.17, 15) is 4.79 Å². The van der Waals surface area contributed by atoms with Crippen molar-refractivity contribution in [2.45, 2.75) is 6.92 Å². The fourth-order valence-electron chi connectivity index (χ4n) is 1.72. The predicted molar refractivity (Wildman–Crippen MR) is 82.3 cm³/mol. The minimum atomic E-state index is -0.326. The lowest BCUT2D eigenvalue weighted by atomic mass is 10.1. The summed E-state index contributed by atoms with van der Waals surface area (Å²) in [7, 11) is 0. The fourth-order valence-corrected chi connectivity index (χ4v) is 1.89. The van der Waals surface area contributed by atoms with Crippen LogP contribution in [0.4, 0.5) is 5.69 Å². The van der Waals surface area contributed by atoms with Crippen LogP contribution in [0, 0.1) is 18.8 Å². The Labute approximate surface area is 127 Å². The smallest absolute Gasteiger partial charge is 0.274 e. The van der Waals surface area contributed by atoms with Gasteiger partial charge in [0.05, 0.1) is 5.69 Å². The first-order valence-corrected chi connectivity index (χ1v) is 6.62. The van der Waals surface area contributed by atoms with E-state index in [4.69, 9.17) is 16.7 Å². The molecule has 4 nitrogen and oxygen atoms in total.